The molecule has 0 saturated carbocycles. The molecule has 0 spiro atoms. The molecule has 1 saturated heterocycles. The van der Waals surface area contributed by atoms with Crippen molar-refractivity contribution in [3.05, 3.63) is 0 Å². The SMILES string of the molecule is CC(C)(C)NCCN1CCCC1CO. The summed E-state index contributed by atoms with van der Waals surface area (Å²) in [7, 11) is 0. The maximum atomic E-state index is 9.13. The number of aliphatic hydroxyl groups excluding tert-OH is 1. The first-order valence-corrected chi connectivity index (χ1v) is 5.63. The molecule has 2 N–H and O–H groups in total. The highest BCUT2D eigenvalue weighted by Gasteiger charge is 2.23. The van der Waals surface area contributed by atoms with Gasteiger partial charge in [-0.25, -0.2) is 0 Å². The van der Waals surface area contributed by atoms with E-state index < -0.39 is 0 Å². The number of rotatable bonds is 4. The number of nitrogens with one attached hydrogen (secondary N) is 1. The van der Waals surface area contributed by atoms with Crippen LogP contribution in [-0.2, 0) is 0 Å². The van der Waals surface area contributed by atoms with Crippen LogP contribution >= 0.6 is 0 Å². The summed E-state index contributed by atoms with van der Waals surface area (Å²) in [5.74, 6) is 0. The minimum absolute atomic E-state index is 0.203. The molecule has 14 heavy (non-hydrogen) atoms. The van der Waals surface area contributed by atoms with Crippen molar-refractivity contribution in [2.24, 2.45) is 0 Å². The van der Waals surface area contributed by atoms with E-state index in [0.29, 0.717) is 12.6 Å². The van der Waals surface area contributed by atoms with Crippen LogP contribution in [0.1, 0.15) is 33.6 Å². The Morgan fingerprint density at radius 1 is 1.43 bits per heavy atom. The van der Waals surface area contributed by atoms with E-state index >= 15 is 0 Å². The third-order valence-corrected chi connectivity index (χ3v) is 2.76. The van der Waals surface area contributed by atoms with Gasteiger partial charge < -0.3 is 10.4 Å². The fourth-order valence-corrected chi connectivity index (χ4v) is 1.97. The molecule has 84 valence electrons. The zero-order valence-corrected chi connectivity index (χ0v) is 9.71. The first-order chi connectivity index (χ1) is 6.53. The topological polar surface area (TPSA) is 35.5 Å². The van der Waals surface area contributed by atoms with Crippen LogP contribution in [0.25, 0.3) is 0 Å². The van der Waals surface area contributed by atoms with Crippen molar-refractivity contribution in [1.29, 1.82) is 0 Å². The van der Waals surface area contributed by atoms with Gasteiger partial charge in [-0.1, -0.05) is 0 Å². The fourth-order valence-electron chi connectivity index (χ4n) is 1.97. The van der Waals surface area contributed by atoms with Gasteiger partial charge in [0.15, 0.2) is 0 Å². The van der Waals surface area contributed by atoms with Gasteiger partial charge in [-0.3, -0.25) is 4.90 Å². The number of likely N-dealkylation sites (tertiary alicyclic amines) is 1. The van der Waals surface area contributed by atoms with Gasteiger partial charge in [0.25, 0.3) is 0 Å². The Bertz CT molecular complexity index is 165. The van der Waals surface area contributed by atoms with E-state index in [-0.39, 0.29) is 5.54 Å². The van der Waals surface area contributed by atoms with Crippen LogP contribution < -0.4 is 5.32 Å². The van der Waals surface area contributed by atoms with Crippen LogP contribution in [0.2, 0.25) is 0 Å². The van der Waals surface area contributed by atoms with Gasteiger partial charge in [0.05, 0.1) is 6.61 Å². The normalized spacial score (nSPS) is 24.4. The van der Waals surface area contributed by atoms with Crippen LogP contribution in [0.15, 0.2) is 0 Å². The molecule has 1 fully saturated rings. The second-order valence-electron chi connectivity index (χ2n) is 5.19. The van der Waals surface area contributed by atoms with Gasteiger partial charge in [0, 0.05) is 24.7 Å². The summed E-state index contributed by atoms with van der Waals surface area (Å²) < 4.78 is 0. The summed E-state index contributed by atoms with van der Waals surface area (Å²) in [6, 6.07) is 0.414. The van der Waals surface area contributed by atoms with E-state index in [2.05, 4.69) is 31.0 Å². The molecule has 3 heteroatoms. The lowest BCUT2D eigenvalue weighted by molar-refractivity contribution is 0.157. The molecule has 0 aromatic carbocycles. The van der Waals surface area contributed by atoms with E-state index in [4.69, 9.17) is 5.11 Å². The molecule has 1 aliphatic heterocycles. The van der Waals surface area contributed by atoms with Gasteiger partial charge in [-0.15, -0.1) is 0 Å². The molecule has 0 bridgehead atoms. The third kappa shape index (κ3) is 3.95. The van der Waals surface area contributed by atoms with E-state index in [0.717, 1.165) is 26.1 Å². The summed E-state index contributed by atoms with van der Waals surface area (Å²) in [6.45, 7) is 10.1. The minimum atomic E-state index is 0.203. The van der Waals surface area contributed by atoms with Crippen molar-refractivity contribution in [2.75, 3.05) is 26.2 Å². The van der Waals surface area contributed by atoms with Crippen molar-refractivity contribution in [3.8, 4) is 0 Å². The van der Waals surface area contributed by atoms with Gasteiger partial charge in [0.1, 0.15) is 0 Å². The average molecular weight is 200 g/mol. The Morgan fingerprint density at radius 3 is 2.71 bits per heavy atom. The lowest BCUT2D eigenvalue weighted by atomic mass is 10.1. The summed E-state index contributed by atoms with van der Waals surface area (Å²) in [6.07, 6.45) is 2.40. The van der Waals surface area contributed by atoms with E-state index in [1.54, 1.807) is 0 Å². The van der Waals surface area contributed by atoms with Gasteiger partial charge in [-0.2, -0.15) is 0 Å². The Morgan fingerprint density at radius 2 is 2.14 bits per heavy atom. The zero-order chi connectivity index (χ0) is 10.6. The Balaban J connectivity index is 2.18. The summed E-state index contributed by atoms with van der Waals surface area (Å²) in [5.41, 5.74) is 0.203. The number of nitrogens with zero attached hydrogens (tertiary/aromatic N) is 1. The molecular weight excluding hydrogens is 176 g/mol. The standard InChI is InChI=1S/C11H24N2O/c1-11(2,3)12-6-8-13-7-4-5-10(13)9-14/h10,12,14H,4-9H2,1-3H3. The van der Waals surface area contributed by atoms with Crippen molar-refractivity contribution in [2.45, 2.75) is 45.2 Å². The maximum Gasteiger partial charge on any atom is 0.0586 e. The molecule has 1 heterocycles. The molecule has 1 atom stereocenters. The molecule has 0 aliphatic carbocycles. The van der Waals surface area contributed by atoms with Gasteiger partial charge in [-0.05, 0) is 40.2 Å². The highest BCUT2D eigenvalue weighted by atomic mass is 16.3. The molecule has 0 aromatic rings. The molecule has 1 aliphatic rings. The van der Waals surface area contributed by atoms with E-state index in [1.807, 2.05) is 0 Å². The predicted molar refractivity (Wildman–Crippen MR) is 59.4 cm³/mol. The van der Waals surface area contributed by atoms with Crippen molar-refractivity contribution < 1.29 is 5.11 Å². The highest BCUT2D eigenvalue weighted by Crippen LogP contribution is 2.15. The lowest BCUT2D eigenvalue weighted by Crippen LogP contribution is -2.43. The van der Waals surface area contributed by atoms with Crippen LogP contribution in [0, 0.1) is 0 Å². The summed E-state index contributed by atoms with van der Waals surface area (Å²) in [5, 5.41) is 12.6. The second kappa shape index (κ2) is 5.10. The number of aliphatic hydroxyl groups is 1. The molecule has 0 aromatic heterocycles. The maximum absolute atomic E-state index is 9.13. The predicted octanol–water partition coefficient (Wildman–Crippen LogP) is 0.831. The van der Waals surface area contributed by atoms with Crippen molar-refractivity contribution in [1.82, 2.24) is 10.2 Å². The molecule has 0 amide bonds. The van der Waals surface area contributed by atoms with Crippen molar-refractivity contribution >= 4 is 0 Å². The quantitative estimate of drug-likeness (QED) is 0.705. The largest absolute Gasteiger partial charge is 0.395 e. The fraction of sp³-hybridized carbons (Fsp3) is 1.00. The molecule has 1 unspecified atom stereocenters. The average Bonchev–Trinajstić information content (AvgIpc) is 2.49. The van der Waals surface area contributed by atoms with Crippen LogP contribution in [0.4, 0.5) is 0 Å². The number of hydrogen-bond acceptors (Lipinski definition) is 3. The summed E-state index contributed by atoms with van der Waals surface area (Å²) in [4.78, 5) is 2.39. The van der Waals surface area contributed by atoms with Crippen molar-refractivity contribution in [3.63, 3.8) is 0 Å². The zero-order valence-electron chi connectivity index (χ0n) is 9.71. The lowest BCUT2D eigenvalue weighted by Gasteiger charge is -2.26. The summed E-state index contributed by atoms with van der Waals surface area (Å²) >= 11 is 0. The Hall–Kier alpha value is -0.120. The van der Waals surface area contributed by atoms with Gasteiger partial charge in [0.2, 0.25) is 0 Å². The second-order valence-corrected chi connectivity index (χ2v) is 5.19. The smallest absolute Gasteiger partial charge is 0.0586 e. The molecular formula is C11H24N2O. The molecule has 3 nitrogen and oxygen atoms in total. The monoisotopic (exact) mass is 200 g/mol. The molecule has 0 radical (unpaired) electrons. The first kappa shape index (κ1) is 12.0. The van der Waals surface area contributed by atoms with E-state index in [9.17, 15) is 0 Å². The van der Waals surface area contributed by atoms with Crippen LogP contribution in [0.5, 0.6) is 0 Å². The Labute approximate surface area is 87.5 Å². The highest BCUT2D eigenvalue weighted by molar-refractivity contribution is 4.80. The first-order valence-electron chi connectivity index (χ1n) is 5.63. The third-order valence-electron chi connectivity index (χ3n) is 2.76. The van der Waals surface area contributed by atoms with Gasteiger partial charge >= 0.3 is 0 Å². The van der Waals surface area contributed by atoms with Crippen LogP contribution in [-0.4, -0.2) is 47.8 Å². The van der Waals surface area contributed by atoms with Crippen LogP contribution in [0.3, 0.4) is 0 Å². The minimum Gasteiger partial charge on any atom is -0.395 e. The number of hydrogen-bond donors (Lipinski definition) is 2. The Kier molecular flexibility index (Phi) is 4.35. The van der Waals surface area contributed by atoms with E-state index in [1.165, 1.54) is 6.42 Å². The molecule has 1 rings (SSSR count).